The summed E-state index contributed by atoms with van der Waals surface area (Å²) in [6.45, 7) is 9.77. The van der Waals surface area contributed by atoms with Gasteiger partial charge in [0.15, 0.2) is 0 Å². The van der Waals surface area contributed by atoms with Crippen molar-refractivity contribution in [3.8, 4) is 0 Å². The molecule has 2 heterocycles. The van der Waals surface area contributed by atoms with Crippen LogP contribution in [0.2, 0.25) is 0 Å². The second kappa shape index (κ2) is 7.61. The first-order chi connectivity index (χ1) is 12.0. The van der Waals surface area contributed by atoms with E-state index < -0.39 is 0 Å². The number of benzene rings is 1. The van der Waals surface area contributed by atoms with Crippen LogP contribution in [0.4, 0.5) is 11.5 Å². The smallest absolute Gasteiger partial charge is 0.238 e. The molecule has 1 aromatic heterocycles. The highest BCUT2D eigenvalue weighted by molar-refractivity contribution is 5.92. The van der Waals surface area contributed by atoms with Gasteiger partial charge in [-0.05, 0) is 32.4 Å². The van der Waals surface area contributed by atoms with Crippen molar-refractivity contribution in [1.29, 1.82) is 0 Å². The Balaban J connectivity index is 1.52. The number of rotatable bonds is 4. The minimum Gasteiger partial charge on any atom is -0.354 e. The number of amides is 1. The zero-order chi connectivity index (χ0) is 17.8. The van der Waals surface area contributed by atoms with E-state index in [1.54, 1.807) is 0 Å². The van der Waals surface area contributed by atoms with Gasteiger partial charge < -0.3 is 10.2 Å². The van der Waals surface area contributed by atoms with Crippen molar-refractivity contribution in [3.63, 3.8) is 0 Å². The number of piperazine rings is 1. The minimum absolute atomic E-state index is 0.0384. The van der Waals surface area contributed by atoms with Crippen molar-refractivity contribution < 1.29 is 4.79 Å². The first kappa shape index (κ1) is 17.4. The Bertz CT molecular complexity index is 733. The fourth-order valence-corrected chi connectivity index (χ4v) is 3.10. The van der Waals surface area contributed by atoms with Crippen molar-refractivity contribution in [3.05, 3.63) is 47.4 Å². The summed E-state index contributed by atoms with van der Waals surface area (Å²) < 4.78 is 0. The lowest BCUT2D eigenvalue weighted by Crippen LogP contribution is -2.49. The Labute approximate surface area is 148 Å². The third kappa shape index (κ3) is 4.54. The van der Waals surface area contributed by atoms with E-state index in [1.807, 2.05) is 51.1 Å². The molecule has 1 fully saturated rings. The number of para-hydroxylation sites is 1. The largest absolute Gasteiger partial charge is 0.354 e. The van der Waals surface area contributed by atoms with Gasteiger partial charge in [-0.25, -0.2) is 9.97 Å². The molecule has 6 heteroatoms. The van der Waals surface area contributed by atoms with Gasteiger partial charge >= 0.3 is 0 Å². The summed E-state index contributed by atoms with van der Waals surface area (Å²) >= 11 is 0. The standard InChI is InChI=1S/C19H25N5O/c1-14-6-4-5-7-17(14)22-19(25)13-23-8-10-24(11-9-23)18-12-15(2)20-16(3)21-18/h4-7,12H,8-11,13H2,1-3H3,(H,22,25). The molecule has 0 bridgehead atoms. The molecule has 1 amide bonds. The first-order valence-electron chi connectivity index (χ1n) is 8.66. The summed E-state index contributed by atoms with van der Waals surface area (Å²) in [5, 5.41) is 3.00. The van der Waals surface area contributed by atoms with E-state index in [-0.39, 0.29) is 5.91 Å². The second-order valence-electron chi connectivity index (χ2n) is 6.54. The number of hydrogen-bond donors (Lipinski definition) is 1. The number of nitrogens with zero attached hydrogens (tertiary/aromatic N) is 4. The molecule has 2 aromatic rings. The Hall–Kier alpha value is -2.47. The van der Waals surface area contributed by atoms with Crippen LogP contribution in [0.15, 0.2) is 30.3 Å². The fourth-order valence-electron chi connectivity index (χ4n) is 3.10. The fraction of sp³-hybridized carbons (Fsp3) is 0.421. The van der Waals surface area contributed by atoms with Gasteiger partial charge in [0.05, 0.1) is 6.54 Å². The predicted octanol–water partition coefficient (Wildman–Crippen LogP) is 2.16. The number of aryl methyl sites for hydroxylation is 3. The Morgan fingerprint density at radius 2 is 1.80 bits per heavy atom. The number of anilines is 2. The van der Waals surface area contributed by atoms with Crippen LogP contribution in [0, 0.1) is 20.8 Å². The van der Waals surface area contributed by atoms with Gasteiger partial charge in [-0.1, -0.05) is 18.2 Å². The molecule has 132 valence electrons. The van der Waals surface area contributed by atoms with Crippen LogP contribution in [0.1, 0.15) is 17.1 Å². The van der Waals surface area contributed by atoms with Crippen LogP contribution < -0.4 is 10.2 Å². The highest BCUT2D eigenvalue weighted by atomic mass is 16.2. The third-order valence-electron chi connectivity index (χ3n) is 4.44. The van der Waals surface area contributed by atoms with Crippen LogP contribution in [0.25, 0.3) is 0 Å². The lowest BCUT2D eigenvalue weighted by Gasteiger charge is -2.35. The molecular formula is C19H25N5O. The van der Waals surface area contributed by atoms with Crippen molar-refractivity contribution in [2.24, 2.45) is 0 Å². The molecule has 0 atom stereocenters. The summed E-state index contributed by atoms with van der Waals surface area (Å²) in [6, 6.07) is 9.87. The molecule has 1 aliphatic rings. The number of hydrogen-bond acceptors (Lipinski definition) is 5. The van der Waals surface area contributed by atoms with Crippen LogP contribution in [0.3, 0.4) is 0 Å². The topological polar surface area (TPSA) is 61.4 Å². The maximum atomic E-state index is 12.3. The summed E-state index contributed by atoms with van der Waals surface area (Å²) in [4.78, 5) is 25.6. The summed E-state index contributed by atoms with van der Waals surface area (Å²) in [5.74, 6) is 1.82. The van der Waals surface area contributed by atoms with Crippen LogP contribution in [-0.4, -0.2) is 53.5 Å². The van der Waals surface area contributed by atoms with E-state index >= 15 is 0 Å². The lowest BCUT2D eigenvalue weighted by molar-refractivity contribution is -0.117. The van der Waals surface area contributed by atoms with E-state index in [1.165, 1.54) is 0 Å². The monoisotopic (exact) mass is 339 g/mol. The van der Waals surface area contributed by atoms with Crippen molar-refractivity contribution in [2.45, 2.75) is 20.8 Å². The SMILES string of the molecule is Cc1cc(N2CCN(CC(=O)Nc3ccccc3C)CC2)nc(C)n1. The molecule has 1 N–H and O–H groups in total. The molecular weight excluding hydrogens is 314 g/mol. The van der Waals surface area contributed by atoms with Crippen molar-refractivity contribution >= 4 is 17.4 Å². The highest BCUT2D eigenvalue weighted by Gasteiger charge is 2.20. The zero-order valence-electron chi connectivity index (χ0n) is 15.1. The third-order valence-corrected chi connectivity index (χ3v) is 4.44. The van der Waals surface area contributed by atoms with E-state index in [0.717, 1.165) is 54.8 Å². The average molecular weight is 339 g/mol. The average Bonchev–Trinajstić information content (AvgIpc) is 2.57. The molecule has 0 saturated carbocycles. The molecule has 0 aliphatic carbocycles. The van der Waals surface area contributed by atoms with Gasteiger partial charge in [-0.3, -0.25) is 9.69 Å². The minimum atomic E-state index is 0.0384. The number of carbonyl (C=O) groups excluding carboxylic acids is 1. The van der Waals surface area contributed by atoms with Gasteiger partial charge in [-0.15, -0.1) is 0 Å². The summed E-state index contributed by atoms with van der Waals surface area (Å²) in [5.41, 5.74) is 2.95. The van der Waals surface area contributed by atoms with Gasteiger partial charge in [-0.2, -0.15) is 0 Å². The lowest BCUT2D eigenvalue weighted by atomic mass is 10.2. The molecule has 3 rings (SSSR count). The Kier molecular flexibility index (Phi) is 5.28. The molecule has 1 aromatic carbocycles. The molecule has 25 heavy (non-hydrogen) atoms. The highest BCUT2D eigenvalue weighted by Crippen LogP contribution is 2.16. The van der Waals surface area contributed by atoms with E-state index in [0.29, 0.717) is 6.54 Å². The normalized spacial score (nSPS) is 15.2. The molecule has 0 unspecified atom stereocenters. The summed E-state index contributed by atoms with van der Waals surface area (Å²) in [6.07, 6.45) is 0. The Morgan fingerprint density at radius 3 is 2.48 bits per heavy atom. The second-order valence-corrected chi connectivity index (χ2v) is 6.54. The van der Waals surface area contributed by atoms with E-state index in [2.05, 4.69) is 25.1 Å². The van der Waals surface area contributed by atoms with Gasteiger partial charge in [0, 0.05) is 43.6 Å². The van der Waals surface area contributed by atoms with Crippen LogP contribution in [-0.2, 0) is 4.79 Å². The number of aromatic nitrogens is 2. The van der Waals surface area contributed by atoms with E-state index in [9.17, 15) is 4.79 Å². The van der Waals surface area contributed by atoms with Crippen LogP contribution in [0.5, 0.6) is 0 Å². The molecule has 0 radical (unpaired) electrons. The molecule has 1 aliphatic heterocycles. The molecule has 6 nitrogen and oxygen atoms in total. The maximum Gasteiger partial charge on any atom is 0.238 e. The summed E-state index contributed by atoms with van der Waals surface area (Å²) in [7, 11) is 0. The Morgan fingerprint density at radius 1 is 1.08 bits per heavy atom. The quantitative estimate of drug-likeness (QED) is 0.925. The molecule has 1 saturated heterocycles. The van der Waals surface area contributed by atoms with Gasteiger partial charge in [0.2, 0.25) is 5.91 Å². The van der Waals surface area contributed by atoms with Crippen molar-refractivity contribution in [1.82, 2.24) is 14.9 Å². The predicted molar refractivity (Wildman–Crippen MR) is 100.0 cm³/mol. The first-order valence-corrected chi connectivity index (χ1v) is 8.66. The number of nitrogens with one attached hydrogen (secondary N) is 1. The van der Waals surface area contributed by atoms with Gasteiger partial charge in [0.25, 0.3) is 0 Å². The zero-order valence-corrected chi connectivity index (χ0v) is 15.1. The number of carbonyl (C=O) groups is 1. The maximum absolute atomic E-state index is 12.3. The van der Waals surface area contributed by atoms with Gasteiger partial charge in [0.1, 0.15) is 11.6 Å². The van der Waals surface area contributed by atoms with Crippen molar-refractivity contribution in [2.75, 3.05) is 42.9 Å². The molecule has 0 spiro atoms. The van der Waals surface area contributed by atoms with Crippen LogP contribution >= 0.6 is 0 Å². The van der Waals surface area contributed by atoms with E-state index in [4.69, 9.17) is 0 Å².